The van der Waals surface area contributed by atoms with Gasteiger partial charge in [0.1, 0.15) is 0 Å². The molecule has 34 heavy (non-hydrogen) atoms. The van der Waals surface area contributed by atoms with Gasteiger partial charge in [-0.05, 0) is 49.6 Å². The van der Waals surface area contributed by atoms with Crippen LogP contribution in [0.2, 0.25) is 0 Å². The maximum atomic E-state index is 13.1. The summed E-state index contributed by atoms with van der Waals surface area (Å²) in [6, 6.07) is 11.5. The molecule has 1 N–H and O–H groups in total. The zero-order chi connectivity index (χ0) is 24.3. The summed E-state index contributed by atoms with van der Waals surface area (Å²) in [5.41, 5.74) is 1.96. The average molecular weight is 489 g/mol. The minimum Gasteiger partial charge on any atom is -0.378 e. The van der Waals surface area contributed by atoms with Crippen LogP contribution < -0.4 is 10.2 Å². The van der Waals surface area contributed by atoms with Gasteiger partial charge in [0.25, 0.3) is 5.69 Å². The normalized spacial score (nSPS) is 18.0. The highest BCUT2D eigenvalue weighted by atomic mass is 32.2. The Balaban J connectivity index is 1.35. The fraction of sp³-hybridized carbons (Fsp3) is 0.435. The summed E-state index contributed by atoms with van der Waals surface area (Å²) in [4.78, 5) is 25.4. The summed E-state index contributed by atoms with van der Waals surface area (Å²) in [5.74, 6) is -0.445. The van der Waals surface area contributed by atoms with Gasteiger partial charge in [-0.15, -0.1) is 0 Å². The van der Waals surface area contributed by atoms with Crippen molar-refractivity contribution < 1.29 is 22.9 Å². The molecule has 1 amide bonds. The molecule has 0 saturated carbocycles. The second-order valence-electron chi connectivity index (χ2n) is 8.52. The Morgan fingerprint density at radius 1 is 1.06 bits per heavy atom. The van der Waals surface area contributed by atoms with E-state index in [0.29, 0.717) is 37.3 Å². The third-order valence-electron chi connectivity index (χ3n) is 6.34. The number of nitrogens with zero attached hydrogens (tertiary/aromatic N) is 3. The number of nitro benzene ring substituents is 1. The second-order valence-corrected chi connectivity index (χ2v) is 10.4. The fourth-order valence-electron chi connectivity index (χ4n) is 4.30. The largest absolute Gasteiger partial charge is 0.378 e. The number of ether oxygens (including phenoxy) is 1. The SMILES string of the molecule is Cc1ccc([N+](=O)[O-])cc1S(=O)(=O)N1CCC(C(=O)Nc2ccc(N3CCOCC3)cc2)CC1. The number of nitrogens with one attached hydrogen (secondary N) is 1. The lowest BCUT2D eigenvalue weighted by Crippen LogP contribution is -2.41. The lowest BCUT2D eigenvalue weighted by atomic mass is 9.97. The zero-order valence-electron chi connectivity index (χ0n) is 19.0. The van der Waals surface area contributed by atoms with Crippen molar-refractivity contribution >= 4 is 33.0 Å². The van der Waals surface area contributed by atoms with Gasteiger partial charge in [-0.2, -0.15) is 4.31 Å². The Labute approximate surface area is 198 Å². The minimum atomic E-state index is -3.89. The number of morpholine rings is 1. The lowest BCUT2D eigenvalue weighted by molar-refractivity contribution is -0.385. The maximum absolute atomic E-state index is 13.1. The number of anilines is 2. The van der Waals surface area contributed by atoms with Crippen LogP contribution in [-0.4, -0.2) is 62.9 Å². The van der Waals surface area contributed by atoms with Crippen molar-refractivity contribution in [3.63, 3.8) is 0 Å². The van der Waals surface area contributed by atoms with Crippen molar-refractivity contribution in [3.8, 4) is 0 Å². The summed E-state index contributed by atoms with van der Waals surface area (Å²) < 4.78 is 32.9. The molecule has 0 radical (unpaired) electrons. The molecule has 2 heterocycles. The fourth-order valence-corrected chi connectivity index (χ4v) is 6.01. The highest BCUT2D eigenvalue weighted by Crippen LogP contribution is 2.29. The summed E-state index contributed by atoms with van der Waals surface area (Å²) >= 11 is 0. The Hall–Kier alpha value is -3.02. The van der Waals surface area contributed by atoms with E-state index in [-0.39, 0.29) is 35.5 Å². The van der Waals surface area contributed by atoms with Gasteiger partial charge in [0.2, 0.25) is 15.9 Å². The lowest BCUT2D eigenvalue weighted by Gasteiger charge is -2.31. The molecule has 11 heteroatoms. The van der Waals surface area contributed by atoms with Crippen LogP contribution in [0.4, 0.5) is 17.1 Å². The maximum Gasteiger partial charge on any atom is 0.270 e. The van der Waals surface area contributed by atoms with Crippen LogP contribution in [0.5, 0.6) is 0 Å². The molecule has 0 aliphatic carbocycles. The van der Waals surface area contributed by atoms with E-state index in [9.17, 15) is 23.3 Å². The zero-order valence-corrected chi connectivity index (χ0v) is 19.8. The molecule has 0 aromatic heterocycles. The Morgan fingerprint density at radius 3 is 2.32 bits per heavy atom. The van der Waals surface area contributed by atoms with Crippen molar-refractivity contribution in [2.24, 2.45) is 5.92 Å². The monoisotopic (exact) mass is 488 g/mol. The molecule has 182 valence electrons. The number of nitro groups is 1. The number of piperidine rings is 1. The number of rotatable bonds is 6. The van der Waals surface area contributed by atoms with Crippen LogP contribution in [0.3, 0.4) is 0 Å². The molecule has 2 aliphatic heterocycles. The standard InChI is InChI=1S/C23H28N4O6S/c1-17-2-5-21(27(29)30)16-22(17)34(31,32)26-10-8-18(9-11-26)23(28)24-19-3-6-20(7-4-19)25-12-14-33-15-13-25/h2-7,16,18H,8-15H2,1H3,(H,24,28). The average Bonchev–Trinajstić information content (AvgIpc) is 2.85. The Kier molecular flexibility index (Phi) is 7.15. The van der Waals surface area contributed by atoms with Crippen LogP contribution in [0.15, 0.2) is 47.4 Å². The number of benzene rings is 2. The smallest absolute Gasteiger partial charge is 0.270 e. The first-order chi connectivity index (χ1) is 16.3. The predicted molar refractivity (Wildman–Crippen MR) is 127 cm³/mol. The van der Waals surface area contributed by atoms with E-state index in [2.05, 4.69) is 10.2 Å². The highest BCUT2D eigenvalue weighted by Gasteiger charge is 2.33. The first-order valence-corrected chi connectivity index (χ1v) is 12.7. The molecular formula is C23H28N4O6S. The number of amides is 1. The van der Waals surface area contributed by atoms with Crippen LogP contribution >= 0.6 is 0 Å². The number of hydrogen-bond acceptors (Lipinski definition) is 7. The van der Waals surface area contributed by atoms with Crippen molar-refractivity contribution in [3.05, 3.63) is 58.1 Å². The summed E-state index contributed by atoms with van der Waals surface area (Å²) in [5, 5.41) is 14.0. The van der Waals surface area contributed by atoms with Gasteiger partial charge in [-0.25, -0.2) is 8.42 Å². The molecule has 4 rings (SSSR count). The minimum absolute atomic E-state index is 0.0649. The van der Waals surface area contributed by atoms with Gasteiger partial charge >= 0.3 is 0 Å². The Morgan fingerprint density at radius 2 is 1.71 bits per heavy atom. The summed E-state index contributed by atoms with van der Waals surface area (Å²) in [6.45, 7) is 5.05. The van der Waals surface area contributed by atoms with Crippen LogP contribution in [-0.2, 0) is 19.6 Å². The van der Waals surface area contributed by atoms with Crippen molar-refractivity contribution in [2.45, 2.75) is 24.7 Å². The predicted octanol–water partition coefficient (Wildman–Crippen LogP) is 2.78. The van der Waals surface area contributed by atoms with E-state index in [0.717, 1.165) is 24.8 Å². The van der Waals surface area contributed by atoms with Gasteiger partial charge in [0, 0.05) is 55.6 Å². The number of aryl methyl sites for hydroxylation is 1. The number of non-ortho nitro benzene ring substituents is 1. The van der Waals surface area contributed by atoms with Crippen LogP contribution in [0.25, 0.3) is 0 Å². The van der Waals surface area contributed by atoms with E-state index in [1.807, 2.05) is 24.3 Å². The molecule has 2 aromatic rings. The van der Waals surface area contributed by atoms with E-state index < -0.39 is 14.9 Å². The quantitative estimate of drug-likeness (QED) is 0.490. The van der Waals surface area contributed by atoms with E-state index in [4.69, 9.17) is 4.74 Å². The van der Waals surface area contributed by atoms with Gasteiger partial charge in [0.15, 0.2) is 0 Å². The molecule has 0 atom stereocenters. The first kappa shape index (κ1) is 24.1. The van der Waals surface area contributed by atoms with Gasteiger partial charge in [0.05, 0.1) is 23.0 Å². The third kappa shape index (κ3) is 5.21. The number of hydrogen-bond donors (Lipinski definition) is 1. The number of carbonyl (C=O) groups is 1. The molecule has 0 unspecified atom stereocenters. The molecular weight excluding hydrogens is 460 g/mol. The summed E-state index contributed by atoms with van der Waals surface area (Å²) in [7, 11) is -3.89. The van der Waals surface area contributed by atoms with Gasteiger partial charge < -0.3 is 15.0 Å². The van der Waals surface area contributed by atoms with E-state index >= 15 is 0 Å². The number of carbonyl (C=O) groups excluding carboxylic acids is 1. The third-order valence-corrected chi connectivity index (χ3v) is 8.38. The molecule has 0 spiro atoms. The molecule has 2 fully saturated rings. The van der Waals surface area contributed by atoms with E-state index in [1.165, 1.54) is 16.4 Å². The molecule has 2 aromatic carbocycles. The van der Waals surface area contributed by atoms with Gasteiger partial charge in [-0.3, -0.25) is 14.9 Å². The van der Waals surface area contributed by atoms with Crippen molar-refractivity contribution in [2.75, 3.05) is 49.6 Å². The molecule has 0 bridgehead atoms. The highest BCUT2D eigenvalue weighted by molar-refractivity contribution is 7.89. The molecule has 2 saturated heterocycles. The first-order valence-electron chi connectivity index (χ1n) is 11.2. The van der Waals surface area contributed by atoms with Crippen LogP contribution in [0, 0.1) is 23.0 Å². The summed E-state index contributed by atoms with van der Waals surface area (Å²) in [6.07, 6.45) is 0.760. The van der Waals surface area contributed by atoms with Crippen molar-refractivity contribution in [1.29, 1.82) is 0 Å². The van der Waals surface area contributed by atoms with E-state index in [1.54, 1.807) is 6.92 Å². The van der Waals surface area contributed by atoms with Crippen LogP contribution in [0.1, 0.15) is 18.4 Å². The Bertz CT molecular complexity index is 1150. The molecule has 10 nitrogen and oxygen atoms in total. The molecule has 2 aliphatic rings. The second kappa shape index (κ2) is 10.1. The topological polar surface area (TPSA) is 122 Å². The number of sulfonamides is 1. The van der Waals surface area contributed by atoms with Gasteiger partial charge in [-0.1, -0.05) is 6.07 Å². The van der Waals surface area contributed by atoms with Crippen molar-refractivity contribution in [1.82, 2.24) is 4.31 Å².